The maximum absolute atomic E-state index is 5.06. The Bertz CT molecular complexity index is 2580. The Hall–Kier alpha value is -7.17. The molecule has 0 radical (unpaired) electrons. The highest BCUT2D eigenvalue weighted by atomic mass is 15.1. The van der Waals surface area contributed by atoms with Crippen LogP contribution in [0.1, 0.15) is 0 Å². The molecule has 0 aliphatic carbocycles. The third-order valence-electron chi connectivity index (χ3n) is 9.52. The number of rotatable bonds is 8. The number of anilines is 3. The van der Waals surface area contributed by atoms with Crippen LogP contribution in [0.2, 0.25) is 0 Å². The summed E-state index contributed by atoms with van der Waals surface area (Å²) in [4.78, 5) is 17.4. The summed E-state index contributed by atoms with van der Waals surface area (Å²) in [6, 6.07) is 71.7. The van der Waals surface area contributed by atoms with Crippen LogP contribution in [0, 0.1) is 0 Å². The standard InChI is InChI=1S/C49H34N4/c1-4-12-35(13-5-1)37-20-25-39(26-21-37)47-50-48(40-27-22-38(23-28-40)43-29-24-36-14-10-11-15-42(36)34-43)52-49(51-47)41-30-32-46(33-31-41)53(44-16-6-2-7-17-44)45-18-8-3-9-19-45/h1-34H. The summed E-state index contributed by atoms with van der Waals surface area (Å²) < 4.78 is 0. The SMILES string of the molecule is c1ccc(-c2ccc(-c3nc(-c4ccc(-c5ccc6ccccc6c5)cc4)nc(-c4ccc(N(c5ccccc5)c5ccccc5)cc4)n3)cc2)cc1. The van der Waals surface area contributed by atoms with Crippen LogP contribution in [0.25, 0.3) is 67.2 Å². The second kappa shape index (κ2) is 14.2. The van der Waals surface area contributed by atoms with Crippen molar-refractivity contribution in [1.82, 2.24) is 15.0 Å². The molecule has 250 valence electrons. The van der Waals surface area contributed by atoms with E-state index in [1.165, 1.54) is 21.9 Å². The third kappa shape index (κ3) is 6.69. The lowest BCUT2D eigenvalue weighted by Gasteiger charge is -2.25. The van der Waals surface area contributed by atoms with Gasteiger partial charge in [-0.15, -0.1) is 0 Å². The zero-order valence-corrected chi connectivity index (χ0v) is 28.9. The van der Waals surface area contributed by atoms with E-state index in [2.05, 4.69) is 193 Å². The van der Waals surface area contributed by atoms with Crippen LogP contribution in [0.15, 0.2) is 206 Å². The van der Waals surface area contributed by atoms with Crippen molar-refractivity contribution in [3.63, 3.8) is 0 Å². The van der Waals surface area contributed by atoms with Crippen LogP contribution in [-0.4, -0.2) is 15.0 Å². The van der Waals surface area contributed by atoms with Crippen molar-refractivity contribution in [2.45, 2.75) is 0 Å². The number of aromatic nitrogens is 3. The van der Waals surface area contributed by atoms with Crippen molar-refractivity contribution in [3.8, 4) is 56.4 Å². The summed E-state index contributed by atoms with van der Waals surface area (Å²) >= 11 is 0. The Kier molecular flexibility index (Phi) is 8.53. The minimum Gasteiger partial charge on any atom is -0.311 e. The second-order valence-corrected chi connectivity index (χ2v) is 12.9. The van der Waals surface area contributed by atoms with Crippen LogP contribution in [0.3, 0.4) is 0 Å². The zero-order valence-electron chi connectivity index (χ0n) is 28.9. The van der Waals surface area contributed by atoms with Crippen molar-refractivity contribution in [2.24, 2.45) is 0 Å². The largest absolute Gasteiger partial charge is 0.311 e. The molecule has 0 spiro atoms. The molecule has 0 aliphatic rings. The fourth-order valence-electron chi connectivity index (χ4n) is 6.75. The molecule has 0 unspecified atom stereocenters. The first-order valence-corrected chi connectivity index (χ1v) is 17.8. The molecule has 4 nitrogen and oxygen atoms in total. The lowest BCUT2D eigenvalue weighted by Crippen LogP contribution is -2.09. The topological polar surface area (TPSA) is 41.9 Å². The average Bonchev–Trinajstić information content (AvgIpc) is 3.25. The van der Waals surface area contributed by atoms with Crippen molar-refractivity contribution in [2.75, 3.05) is 4.90 Å². The van der Waals surface area contributed by atoms with Gasteiger partial charge in [0, 0.05) is 33.8 Å². The average molecular weight is 679 g/mol. The number of para-hydroxylation sites is 2. The fraction of sp³-hybridized carbons (Fsp3) is 0. The van der Waals surface area contributed by atoms with Crippen molar-refractivity contribution >= 4 is 27.8 Å². The van der Waals surface area contributed by atoms with E-state index in [1.807, 2.05) is 18.2 Å². The minimum absolute atomic E-state index is 0.619. The van der Waals surface area contributed by atoms with Crippen LogP contribution in [0.5, 0.6) is 0 Å². The van der Waals surface area contributed by atoms with Crippen LogP contribution >= 0.6 is 0 Å². The molecule has 53 heavy (non-hydrogen) atoms. The summed E-state index contributed by atoms with van der Waals surface area (Å²) in [5.74, 6) is 1.87. The number of hydrogen-bond donors (Lipinski definition) is 0. The molecule has 0 N–H and O–H groups in total. The number of nitrogens with zero attached hydrogens (tertiary/aromatic N) is 4. The van der Waals surface area contributed by atoms with E-state index in [-0.39, 0.29) is 0 Å². The van der Waals surface area contributed by atoms with Gasteiger partial charge >= 0.3 is 0 Å². The highest BCUT2D eigenvalue weighted by Gasteiger charge is 2.16. The Morgan fingerprint density at radius 3 is 1.09 bits per heavy atom. The van der Waals surface area contributed by atoms with E-state index in [1.54, 1.807) is 0 Å². The molecule has 0 amide bonds. The van der Waals surface area contributed by atoms with Gasteiger partial charge in [-0.1, -0.05) is 152 Å². The summed E-state index contributed by atoms with van der Waals surface area (Å²) in [5, 5.41) is 2.46. The molecule has 9 aromatic rings. The number of benzene rings is 8. The van der Waals surface area contributed by atoms with Crippen molar-refractivity contribution in [3.05, 3.63) is 206 Å². The predicted molar refractivity (Wildman–Crippen MR) is 219 cm³/mol. The van der Waals surface area contributed by atoms with E-state index >= 15 is 0 Å². The number of hydrogen-bond acceptors (Lipinski definition) is 4. The van der Waals surface area contributed by atoms with Crippen LogP contribution in [-0.2, 0) is 0 Å². The van der Waals surface area contributed by atoms with E-state index < -0.39 is 0 Å². The summed E-state index contributed by atoms with van der Waals surface area (Å²) in [6.07, 6.45) is 0. The van der Waals surface area contributed by atoms with Crippen LogP contribution < -0.4 is 4.90 Å². The van der Waals surface area contributed by atoms with E-state index in [4.69, 9.17) is 15.0 Å². The molecule has 1 aromatic heterocycles. The summed E-state index contributed by atoms with van der Waals surface area (Å²) in [5.41, 5.74) is 10.6. The van der Waals surface area contributed by atoms with E-state index in [9.17, 15) is 0 Å². The first-order chi connectivity index (χ1) is 26.2. The lowest BCUT2D eigenvalue weighted by atomic mass is 10.00. The normalized spacial score (nSPS) is 11.0. The van der Waals surface area contributed by atoms with Gasteiger partial charge in [-0.3, -0.25) is 0 Å². The Morgan fingerprint density at radius 2 is 0.585 bits per heavy atom. The van der Waals surface area contributed by atoms with Gasteiger partial charge in [0.25, 0.3) is 0 Å². The minimum atomic E-state index is 0.619. The molecule has 0 aliphatic heterocycles. The summed E-state index contributed by atoms with van der Waals surface area (Å²) in [7, 11) is 0. The van der Waals surface area contributed by atoms with Gasteiger partial charge in [0.15, 0.2) is 17.5 Å². The van der Waals surface area contributed by atoms with Gasteiger partial charge in [-0.2, -0.15) is 0 Å². The summed E-state index contributed by atoms with van der Waals surface area (Å²) in [6.45, 7) is 0. The Morgan fingerprint density at radius 1 is 0.245 bits per heavy atom. The highest BCUT2D eigenvalue weighted by Crippen LogP contribution is 2.36. The van der Waals surface area contributed by atoms with Gasteiger partial charge in [-0.05, 0) is 87.6 Å². The lowest BCUT2D eigenvalue weighted by molar-refractivity contribution is 1.07. The monoisotopic (exact) mass is 678 g/mol. The Balaban J connectivity index is 1.10. The maximum atomic E-state index is 5.06. The molecule has 0 saturated carbocycles. The van der Waals surface area contributed by atoms with Crippen molar-refractivity contribution < 1.29 is 0 Å². The smallest absolute Gasteiger partial charge is 0.164 e. The Labute approximate surface area is 309 Å². The van der Waals surface area contributed by atoms with E-state index in [0.717, 1.165) is 44.9 Å². The fourth-order valence-corrected chi connectivity index (χ4v) is 6.75. The molecule has 0 bridgehead atoms. The van der Waals surface area contributed by atoms with Gasteiger partial charge < -0.3 is 4.90 Å². The van der Waals surface area contributed by atoms with Gasteiger partial charge in [0.1, 0.15) is 0 Å². The first-order valence-electron chi connectivity index (χ1n) is 17.8. The molecule has 9 rings (SSSR count). The predicted octanol–water partition coefficient (Wildman–Crippen LogP) is 12.8. The van der Waals surface area contributed by atoms with Gasteiger partial charge in [0.2, 0.25) is 0 Å². The number of fused-ring (bicyclic) bond motifs is 1. The third-order valence-corrected chi connectivity index (χ3v) is 9.52. The first kappa shape index (κ1) is 31.8. The molecule has 0 atom stereocenters. The molecule has 8 aromatic carbocycles. The highest BCUT2D eigenvalue weighted by molar-refractivity contribution is 5.87. The molecular formula is C49H34N4. The van der Waals surface area contributed by atoms with Crippen LogP contribution in [0.4, 0.5) is 17.1 Å². The second-order valence-electron chi connectivity index (χ2n) is 12.9. The zero-order chi connectivity index (χ0) is 35.4. The molecule has 4 heteroatoms. The molecule has 0 fully saturated rings. The molecule has 1 heterocycles. The molecule has 0 saturated heterocycles. The van der Waals surface area contributed by atoms with Gasteiger partial charge in [-0.25, -0.2) is 15.0 Å². The van der Waals surface area contributed by atoms with Gasteiger partial charge in [0.05, 0.1) is 0 Å². The van der Waals surface area contributed by atoms with E-state index in [0.29, 0.717) is 17.5 Å². The molecular weight excluding hydrogens is 645 g/mol. The van der Waals surface area contributed by atoms with Crippen molar-refractivity contribution in [1.29, 1.82) is 0 Å². The maximum Gasteiger partial charge on any atom is 0.164 e. The quantitative estimate of drug-likeness (QED) is 0.160.